The Kier molecular flexibility index (Phi) is 7.55. The van der Waals surface area contributed by atoms with Crippen LogP contribution in [0.3, 0.4) is 0 Å². The van der Waals surface area contributed by atoms with Crippen LogP contribution >= 0.6 is 22.9 Å². The Hall–Kier alpha value is -2.89. The quantitative estimate of drug-likeness (QED) is 0.303. The van der Waals surface area contributed by atoms with Crippen molar-refractivity contribution in [3.63, 3.8) is 0 Å². The van der Waals surface area contributed by atoms with Gasteiger partial charge in [-0.1, -0.05) is 35.1 Å². The molecule has 0 spiro atoms. The van der Waals surface area contributed by atoms with E-state index in [2.05, 4.69) is 9.97 Å². The van der Waals surface area contributed by atoms with Crippen LogP contribution in [0.15, 0.2) is 71.9 Å². The van der Waals surface area contributed by atoms with Crippen molar-refractivity contribution in [2.24, 2.45) is 0 Å². The molecule has 8 nitrogen and oxygen atoms in total. The summed E-state index contributed by atoms with van der Waals surface area (Å²) in [5.41, 5.74) is 1.80. The van der Waals surface area contributed by atoms with Crippen molar-refractivity contribution in [2.75, 3.05) is 25.1 Å². The minimum Gasteiger partial charge on any atom is -0.377 e. The van der Waals surface area contributed by atoms with E-state index in [0.29, 0.717) is 34.4 Å². The lowest BCUT2D eigenvalue weighted by atomic mass is 10.2. The number of halogens is 1. The normalized spacial score (nSPS) is 15.9. The lowest BCUT2D eigenvalue weighted by molar-refractivity contribution is 0.0978. The van der Waals surface area contributed by atoms with E-state index in [-0.39, 0.29) is 23.5 Å². The van der Waals surface area contributed by atoms with Crippen LogP contribution in [0.5, 0.6) is 0 Å². The highest BCUT2D eigenvalue weighted by Crippen LogP contribution is 2.34. The first kappa shape index (κ1) is 25.7. The lowest BCUT2D eigenvalue weighted by Crippen LogP contribution is -2.34. The number of rotatable bonds is 8. The second-order valence-corrected chi connectivity index (χ2v) is 12.2. The van der Waals surface area contributed by atoms with Gasteiger partial charge in [0.05, 0.1) is 27.3 Å². The highest BCUT2D eigenvalue weighted by atomic mass is 35.5. The Morgan fingerprint density at radius 2 is 1.97 bits per heavy atom. The summed E-state index contributed by atoms with van der Waals surface area (Å²) in [5.74, 6) is -0.310. The molecule has 5 rings (SSSR count). The van der Waals surface area contributed by atoms with Crippen molar-refractivity contribution < 1.29 is 17.9 Å². The summed E-state index contributed by atoms with van der Waals surface area (Å²) in [5, 5.41) is 1.00. The van der Waals surface area contributed by atoms with Crippen LogP contribution in [0.25, 0.3) is 10.2 Å². The summed E-state index contributed by atoms with van der Waals surface area (Å²) in [7, 11) is -2.17. The van der Waals surface area contributed by atoms with Gasteiger partial charge in [0.2, 0.25) is 10.0 Å². The first-order valence-corrected chi connectivity index (χ1v) is 14.4. The first-order valence-electron chi connectivity index (χ1n) is 11.8. The highest BCUT2D eigenvalue weighted by Gasteiger charge is 2.27. The molecule has 3 heterocycles. The Bertz CT molecular complexity index is 1500. The van der Waals surface area contributed by atoms with Crippen LogP contribution < -0.4 is 4.90 Å². The molecule has 0 saturated carbocycles. The Morgan fingerprint density at radius 3 is 2.65 bits per heavy atom. The molecule has 2 aromatic carbocycles. The molecule has 0 N–H and O–H groups in total. The van der Waals surface area contributed by atoms with E-state index in [9.17, 15) is 13.2 Å². The molecule has 192 valence electrons. The number of ether oxygens (including phenoxy) is 1. The second kappa shape index (κ2) is 10.8. The number of carbonyl (C=O) groups excluding carboxylic acids is 1. The molecule has 0 bridgehead atoms. The van der Waals surface area contributed by atoms with Gasteiger partial charge in [-0.3, -0.25) is 14.7 Å². The number of amides is 1. The third-order valence-electron chi connectivity index (χ3n) is 6.19. The zero-order valence-electron chi connectivity index (χ0n) is 20.1. The van der Waals surface area contributed by atoms with Crippen molar-refractivity contribution in [3.05, 3.63) is 83.1 Å². The van der Waals surface area contributed by atoms with Crippen molar-refractivity contribution >= 4 is 54.2 Å². The van der Waals surface area contributed by atoms with Crippen LogP contribution in [0.4, 0.5) is 5.13 Å². The number of carbonyl (C=O) groups is 1. The fourth-order valence-corrected chi connectivity index (χ4v) is 6.66. The topological polar surface area (TPSA) is 92.7 Å². The average molecular weight is 557 g/mol. The van der Waals surface area contributed by atoms with Gasteiger partial charge in [0.25, 0.3) is 5.91 Å². The number of hydrogen-bond acceptors (Lipinski definition) is 7. The number of pyridine rings is 1. The molecule has 1 unspecified atom stereocenters. The zero-order chi connectivity index (χ0) is 26.0. The maximum absolute atomic E-state index is 13.7. The predicted octanol–water partition coefficient (Wildman–Crippen LogP) is 4.99. The number of aromatic nitrogens is 2. The number of anilines is 1. The van der Waals surface area contributed by atoms with Crippen molar-refractivity contribution in [1.29, 1.82) is 0 Å². The number of fused-ring (bicyclic) bond motifs is 1. The summed E-state index contributed by atoms with van der Waals surface area (Å²) in [4.78, 5) is 24.2. The van der Waals surface area contributed by atoms with Crippen molar-refractivity contribution in [2.45, 2.75) is 30.4 Å². The maximum Gasteiger partial charge on any atom is 0.260 e. The number of thiazole rings is 1. The molecule has 0 radical (unpaired) electrons. The molecular formula is C26H25ClN4O4S2. The minimum absolute atomic E-state index is 0.0935. The molecule has 1 atom stereocenters. The third-order valence-corrected chi connectivity index (χ3v) is 9.38. The lowest BCUT2D eigenvalue weighted by Gasteiger charge is -2.21. The summed E-state index contributed by atoms with van der Waals surface area (Å²) >= 11 is 7.70. The smallest absolute Gasteiger partial charge is 0.260 e. The fraction of sp³-hybridized carbons (Fsp3) is 0.269. The number of para-hydroxylation sites is 1. The van der Waals surface area contributed by atoms with E-state index in [0.717, 1.165) is 23.1 Å². The number of sulfonamides is 1. The molecule has 11 heteroatoms. The highest BCUT2D eigenvalue weighted by molar-refractivity contribution is 7.89. The molecule has 1 saturated heterocycles. The molecule has 0 aliphatic carbocycles. The summed E-state index contributed by atoms with van der Waals surface area (Å²) in [6.45, 7) is 1.20. The van der Waals surface area contributed by atoms with Crippen LogP contribution in [-0.2, 0) is 21.3 Å². The van der Waals surface area contributed by atoms with E-state index in [1.54, 1.807) is 36.5 Å². The van der Waals surface area contributed by atoms with Gasteiger partial charge in [0.1, 0.15) is 5.52 Å². The van der Waals surface area contributed by atoms with Crippen LogP contribution in [-0.4, -0.2) is 54.9 Å². The molecular weight excluding hydrogens is 532 g/mol. The monoisotopic (exact) mass is 556 g/mol. The molecule has 1 aliphatic rings. The average Bonchev–Trinajstić information content (AvgIpc) is 3.58. The number of hydrogen-bond donors (Lipinski definition) is 0. The van der Waals surface area contributed by atoms with E-state index in [1.807, 2.05) is 18.2 Å². The first-order chi connectivity index (χ1) is 17.8. The van der Waals surface area contributed by atoms with Crippen molar-refractivity contribution in [3.8, 4) is 0 Å². The van der Waals surface area contributed by atoms with Crippen LogP contribution in [0.2, 0.25) is 5.02 Å². The second-order valence-electron chi connectivity index (χ2n) is 8.78. The van der Waals surface area contributed by atoms with Gasteiger partial charge in [0, 0.05) is 38.2 Å². The minimum atomic E-state index is -3.72. The van der Waals surface area contributed by atoms with Gasteiger partial charge in [0.15, 0.2) is 5.13 Å². The summed E-state index contributed by atoms with van der Waals surface area (Å²) in [6, 6.07) is 15.2. The largest absolute Gasteiger partial charge is 0.377 e. The van der Waals surface area contributed by atoms with Gasteiger partial charge in [-0.15, -0.1) is 0 Å². The van der Waals surface area contributed by atoms with E-state index in [1.165, 1.54) is 39.9 Å². The van der Waals surface area contributed by atoms with Gasteiger partial charge in [-0.2, -0.15) is 4.31 Å². The Labute approximate surface area is 224 Å². The fourth-order valence-electron chi connectivity index (χ4n) is 4.20. The molecule has 1 amide bonds. The Balaban J connectivity index is 1.43. The van der Waals surface area contributed by atoms with E-state index in [4.69, 9.17) is 16.3 Å². The molecule has 4 aromatic rings. The number of likely N-dealkylation sites (N-methyl/N-ethyl adjacent to an activating group) is 1. The van der Waals surface area contributed by atoms with Crippen LogP contribution in [0, 0.1) is 0 Å². The van der Waals surface area contributed by atoms with Gasteiger partial charge in [-0.05, 0) is 60.9 Å². The summed E-state index contributed by atoms with van der Waals surface area (Å²) in [6.07, 6.45) is 5.05. The Morgan fingerprint density at radius 1 is 1.16 bits per heavy atom. The maximum atomic E-state index is 13.7. The molecule has 2 aromatic heterocycles. The standard InChI is InChI=1S/C26H25ClN4O4S2/c1-30(17-20-6-4-14-35-20)37(33,34)21-11-9-19(10-12-21)25(32)31(16-18-5-3-13-28-15-18)26-29-24-22(27)7-2-8-23(24)36-26/h2-3,5,7-13,15,20H,4,6,14,16-17H2,1H3. The van der Waals surface area contributed by atoms with Crippen molar-refractivity contribution in [1.82, 2.24) is 14.3 Å². The van der Waals surface area contributed by atoms with E-state index < -0.39 is 10.0 Å². The van der Waals surface area contributed by atoms with Gasteiger partial charge < -0.3 is 4.74 Å². The number of nitrogens with zero attached hydrogens (tertiary/aromatic N) is 4. The zero-order valence-corrected chi connectivity index (χ0v) is 22.5. The van der Waals surface area contributed by atoms with Gasteiger partial charge in [-0.25, -0.2) is 13.4 Å². The number of benzene rings is 2. The van der Waals surface area contributed by atoms with E-state index >= 15 is 0 Å². The molecule has 37 heavy (non-hydrogen) atoms. The third kappa shape index (κ3) is 5.53. The molecule has 1 fully saturated rings. The van der Waals surface area contributed by atoms with Gasteiger partial charge >= 0.3 is 0 Å². The predicted molar refractivity (Wildman–Crippen MR) is 145 cm³/mol. The molecule has 1 aliphatic heterocycles. The van der Waals surface area contributed by atoms with Crippen LogP contribution in [0.1, 0.15) is 28.8 Å². The summed E-state index contributed by atoms with van der Waals surface area (Å²) < 4.78 is 33.9. The SMILES string of the molecule is CN(CC1CCCO1)S(=O)(=O)c1ccc(C(=O)N(Cc2cccnc2)c2nc3c(Cl)cccc3s2)cc1.